The topological polar surface area (TPSA) is 102 Å². The van der Waals surface area contributed by atoms with Gasteiger partial charge in [0.2, 0.25) is 0 Å². The van der Waals surface area contributed by atoms with Gasteiger partial charge in [-0.2, -0.15) is 0 Å². The summed E-state index contributed by atoms with van der Waals surface area (Å²) in [4.78, 5) is 20.4. The third kappa shape index (κ3) is 4.94. The highest BCUT2D eigenvalue weighted by atomic mass is 35.5. The number of hydrogen-bond donors (Lipinski definition) is 2. The molecule has 6 nitrogen and oxygen atoms in total. The zero-order valence-electron chi connectivity index (χ0n) is 10.0. The number of nitrogens with zero attached hydrogens (tertiary/aromatic N) is 3. The molecule has 19 heavy (non-hydrogen) atoms. The lowest BCUT2D eigenvalue weighted by Crippen LogP contribution is -2.34. The van der Waals surface area contributed by atoms with Gasteiger partial charge in [0.1, 0.15) is 24.0 Å². The molecule has 0 bridgehead atoms. The van der Waals surface area contributed by atoms with E-state index in [4.69, 9.17) is 34.0 Å². The van der Waals surface area contributed by atoms with E-state index in [0.717, 1.165) is 0 Å². The van der Waals surface area contributed by atoms with Crippen molar-refractivity contribution in [3.63, 3.8) is 0 Å². The molecule has 1 aliphatic carbocycles. The molecule has 102 valence electrons. The maximum atomic E-state index is 10.7. The van der Waals surface area contributed by atoms with Crippen LogP contribution in [0.2, 0.25) is 0 Å². The highest BCUT2D eigenvalue weighted by molar-refractivity contribution is 6.34. The van der Waals surface area contributed by atoms with Gasteiger partial charge in [-0.25, -0.2) is 19.7 Å². The van der Waals surface area contributed by atoms with Gasteiger partial charge in [0, 0.05) is 11.5 Å². The summed E-state index contributed by atoms with van der Waals surface area (Å²) in [5.41, 5.74) is 6.20. The van der Waals surface area contributed by atoms with Crippen LogP contribution in [-0.2, 0) is 4.79 Å². The Morgan fingerprint density at radius 3 is 2.16 bits per heavy atom. The summed E-state index contributed by atoms with van der Waals surface area (Å²) >= 11 is 11.6. The molecule has 1 aromatic heterocycles. The third-order valence-electron chi connectivity index (χ3n) is 2.16. The van der Waals surface area contributed by atoms with Crippen molar-refractivity contribution in [2.75, 3.05) is 0 Å². The van der Waals surface area contributed by atoms with E-state index in [1.54, 1.807) is 6.92 Å². The van der Waals surface area contributed by atoms with Gasteiger partial charge in [-0.3, -0.25) is 0 Å². The summed E-state index contributed by atoms with van der Waals surface area (Å²) in [6.07, 6.45) is 5.96. The number of halogens is 2. The average molecular weight is 303 g/mol. The van der Waals surface area contributed by atoms with Crippen molar-refractivity contribution in [2.24, 2.45) is 5.73 Å². The average Bonchev–Trinajstić information content (AvgIpc) is 2.28. The Balaban J connectivity index is 0.000000250. The first-order chi connectivity index (χ1) is 8.83. The van der Waals surface area contributed by atoms with Crippen molar-refractivity contribution in [2.45, 2.75) is 18.3 Å². The second kappa shape index (κ2) is 6.60. The van der Waals surface area contributed by atoms with E-state index in [2.05, 4.69) is 15.0 Å². The van der Waals surface area contributed by atoms with E-state index >= 15 is 0 Å². The standard InChI is InChI=1S/C8H9Cl2NO2.C3H3N3/c1-4-2-8(10,11)3-5(9)6(4)7(12)13;1-4-2-6-3-5-1/h2H,3,11H2,1H3,(H,12,13);1-3H. The largest absolute Gasteiger partial charge is 0.478 e. The number of hydrogen-bond acceptors (Lipinski definition) is 5. The Bertz CT molecular complexity index is 488. The van der Waals surface area contributed by atoms with Crippen molar-refractivity contribution in [1.29, 1.82) is 0 Å². The predicted octanol–water partition coefficient (Wildman–Crippen LogP) is 1.68. The number of carboxylic acid groups (broad SMARTS) is 1. The molecule has 0 amide bonds. The molecule has 1 heterocycles. The SMILES string of the molecule is CC1=CC(N)(Cl)CC(Cl)=C1C(=O)O.c1ncncn1. The van der Waals surface area contributed by atoms with E-state index in [0.29, 0.717) is 5.57 Å². The van der Waals surface area contributed by atoms with Crippen LogP contribution in [0.1, 0.15) is 13.3 Å². The lowest BCUT2D eigenvalue weighted by molar-refractivity contribution is -0.132. The molecule has 0 saturated carbocycles. The molecule has 1 aromatic rings. The van der Waals surface area contributed by atoms with Crippen molar-refractivity contribution in [3.05, 3.63) is 41.2 Å². The van der Waals surface area contributed by atoms with Crippen molar-refractivity contribution in [3.8, 4) is 0 Å². The molecule has 2 rings (SSSR count). The van der Waals surface area contributed by atoms with Gasteiger partial charge in [-0.1, -0.05) is 23.2 Å². The van der Waals surface area contributed by atoms with Crippen LogP contribution in [0.5, 0.6) is 0 Å². The number of carboxylic acids is 1. The maximum absolute atomic E-state index is 10.7. The van der Waals surface area contributed by atoms with Crippen LogP contribution in [0.4, 0.5) is 0 Å². The lowest BCUT2D eigenvalue weighted by atomic mass is 9.96. The van der Waals surface area contributed by atoms with Gasteiger partial charge in [0.05, 0.1) is 5.57 Å². The molecule has 0 aromatic carbocycles. The first-order valence-corrected chi connectivity index (χ1v) is 5.93. The number of nitrogens with two attached hydrogens (primary N) is 1. The van der Waals surface area contributed by atoms with Gasteiger partial charge in [-0.15, -0.1) is 0 Å². The molecule has 8 heteroatoms. The molecule has 0 spiro atoms. The monoisotopic (exact) mass is 302 g/mol. The summed E-state index contributed by atoms with van der Waals surface area (Å²) in [6, 6.07) is 0. The van der Waals surface area contributed by atoms with E-state index in [-0.39, 0.29) is 17.0 Å². The van der Waals surface area contributed by atoms with Gasteiger partial charge in [0.25, 0.3) is 0 Å². The Labute approximate surface area is 120 Å². The minimum absolute atomic E-state index is 0.100. The number of aromatic nitrogens is 3. The predicted molar refractivity (Wildman–Crippen MR) is 71.5 cm³/mol. The van der Waals surface area contributed by atoms with Gasteiger partial charge in [-0.05, 0) is 18.6 Å². The molecule has 0 radical (unpaired) electrons. The Morgan fingerprint density at radius 2 is 1.84 bits per heavy atom. The second-order valence-electron chi connectivity index (χ2n) is 3.81. The third-order valence-corrected chi connectivity index (χ3v) is 2.73. The normalized spacial score (nSPS) is 22.2. The fraction of sp³-hybridized carbons (Fsp3) is 0.273. The number of alkyl halides is 1. The fourth-order valence-corrected chi connectivity index (χ4v) is 2.33. The molecular weight excluding hydrogens is 291 g/mol. The highest BCUT2D eigenvalue weighted by Crippen LogP contribution is 2.34. The fourth-order valence-electron chi connectivity index (χ4n) is 1.51. The van der Waals surface area contributed by atoms with Gasteiger partial charge in [0.15, 0.2) is 0 Å². The molecule has 0 fully saturated rings. The van der Waals surface area contributed by atoms with Crippen LogP contribution in [0, 0.1) is 0 Å². The van der Waals surface area contributed by atoms with Crippen LogP contribution in [0.3, 0.4) is 0 Å². The minimum Gasteiger partial charge on any atom is -0.478 e. The smallest absolute Gasteiger partial charge is 0.337 e. The molecular formula is C11H12Cl2N4O2. The summed E-state index contributed by atoms with van der Waals surface area (Å²) in [5, 5.41) is 8.98. The van der Waals surface area contributed by atoms with E-state index < -0.39 is 11.0 Å². The Hall–Kier alpha value is -1.50. The van der Waals surface area contributed by atoms with E-state index in [1.807, 2.05) is 0 Å². The van der Waals surface area contributed by atoms with Crippen LogP contribution >= 0.6 is 23.2 Å². The molecule has 0 aliphatic heterocycles. The Morgan fingerprint density at radius 1 is 1.37 bits per heavy atom. The number of carbonyl (C=O) groups is 1. The molecule has 0 saturated heterocycles. The number of aliphatic carboxylic acids is 1. The summed E-state index contributed by atoms with van der Waals surface area (Å²) < 4.78 is 0. The highest BCUT2D eigenvalue weighted by Gasteiger charge is 2.30. The van der Waals surface area contributed by atoms with E-state index in [9.17, 15) is 4.79 Å². The van der Waals surface area contributed by atoms with Crippen LogP contribution in [-0.4, -0.2) is 31.0 Å². The minimum atomic E-state index is -1.06. The first kappa shape index (κ1) is 15.6. The van der Waals surface area contributed by atoms with Gasteiger partial charge >= 0.3 is 5.97 Å². The number of rotatable bonds is 1. The molecule has 3 N–H and O–H groups in total. The van der Waals surface area contributed by atoms with Crippen LogP contribution in [0.15, 0.2) is 41.2 Å². The summed E-state index contributed by atoms with van der Waals surface area (Å²) in [7, 11) is 0. The quantitative estimate of drug-likeness (QED) is 0.604. The van der Waals surface area contributed by atoms with Crippen LogP contribution < -0.4 is 5.73 Å². The maximum Gasteiger partial charge on any atom is 0.337 e. The zero-order chi connectivity index (χ0) is 14.5. The molecule has 1 aliphatic rings. The first-order valence-electron chi connectivity index (χ1n) is 5.18. The van der Waals surface area contributed by atoms with Crippen molar-refractivity contribution in [1.82, 2.24) is 15.0 Å². The van der Waals surface area contributed by atoms with Crippen molar-refractivity contribution >= 4 is 29.2 Å². The molecule has 1 unspecified atom stereocenters. The second-order valence-corrected chi connectivity index (χ2v) is 4.97. The Kier molecular flexibility index (Phi) is 5.41. The van der Waals surface area contributed by atoms with Crippen molar-refractivity contribution < 1.29 is 9.90 Å². The summed E-state index contributed by atoms with van der Waals surface area (Å²) in [5.74, 6) is -1.05. The lowest BCUT2D eigenvalue weighted by Gasteiger charge is -2.24. The van der Waals surface area contributed by atoms with Gasteiger partial charge < -0.3 is 10.8 Å². The van der Waals surface area contributed by atoms with Crippen LogP contribution in [0.25, 0.3) is 0 Å². The molecule has 1 atom stereocenters. The summed E-state index contributed by atoms with van der Waals surface area (Å²) in [6.45, 7) is 1.62. The zero-order valence-corrected chi connectivity index (χ0v) is 11.6. The van der Waals surface area contributed by atoms with E-state index in [1.165, 1.54) is 25.1 Å².